The summed E-state index contributed by atoms with van der Waals surface area (Å²) in [6.07, 6.45) is 3.88. The first-order valence-electron chi connectivity index (χ1n) is 4.25. The molecule has 2 aliphatic carbocycles. The fourth-order valence-electron chi connectivity index (χ4n) is 2.55. The summed E-state index contributed by atoms with van der Waals surface area (Å²) >= 11 is 0. The lowest BCUT2D eigenvalue weighted by molar-refractivity contribution is -0.233. The summed E-state index contributed by atoms with van der Waals surface area (Å²) in [6, 6.07) is 0. The van der Waals surface area contributed by atoms with E-state index in [0.717, 1.165) is 12.8 Å². The number of methoxy groups -OCH3 is 2. The van der Waals surface area contributed by atoms with Crippen LogP contribution in [0.4, 0.5) is 0 Å². The van der Waals surface area contributed by atoms with Gasteiger partial charge in [0.1, 0.15) is 0 Å². The molecule has 12 heavy (non-hydrogen) atoms. The van der Waals surface area contributed by atoms with Gasteiger partial charge in [-0.05, 0) is 18.9 Å². The van der Waals surface area contributed by atoms with Gasteiger partial charge < -0.3 is 14.6 Å². The van der Waals surface area contributed by atoms with Gasteiger partial charge in [0.25, 0.3) is 0 Å². The first-order chi connectivity index (χ1) is 5.74. The molecule has 0 saturated heterocycles. The van der Waals surface area contributed by atoms with E-state index in [1.165, 1.54) is 0 Å². The number of hydrogen-bond donors (Lipinski definition) is 1. The van der Waals surface area contributed by atoms with Crippen molar-refractivity contribution < 1.29 is 14.6 Å². The van der Waals surface area contributed by atoms with Crippen LogP contribution in [0.3, 0.4) is 0 Å². The Balaban J connectivity index is 2.32. The van der Waals surface area contributed by atoms with E-state index in [4.69, 9.17) is 9.47 Å². The Morgan fingerprint density at radius 1 is 1.42 bits per heavy atom. The number of aliphatic hydroxyl groups excluding tert-OH is 1. The van der Waals surface area contributed by atoms with Crippen molar-refractivity contribution in [3.05, 3.63) is 11.8 Å². The third kappa shape index (κ3) is 0.730. The van der Waals surface area contributed by atoms with Crippen molar-refractivity contribution in [3.8, 4) is 0 Å². The van der Waals surface area contributed by atoms with Crippen LogP contribution in [-0.4, -0.2) is 25.1 Å². The second-order valence-corrected chi connectivity index (χ2v) is 3.46. The Kier molecular flexibility index (Phi) is 1.66. The highest BCUT2D eigenvalue weighted by Crippen LogP contribution is 2.52. The van der Waals surface area contributed by atoms with Crippen LogP contribution in [-0.2, 0) is 9.47 Å². The Morgan fingerprint density at radius 2 is 2.08 bits per heavy atom. The number of ether oxygens (including phenoxy) is 2. The maximum atomic E-state index is 9.52. The van der Waals surface area contributed by atoms with Gasteiger partial charge in [-0.25, -0.2) is 0 Å². The van der Waals surface area contributed by atoms with Gasteiger partial charge in [-0.15, -0.1) is 0 Å². The van der Waals surface area contributed by atoms with Crippen LogP contribution < -0.4 is 0 Å². The van der Waals surface area contributed by atoms with E-state index in [0.29, 0.717) is 5.76 Å². The van der Waals surface area contributed by atoms with Crippen molar-refractivity contribution in [2.45, 2.75) is 18.6 Å². The minimum absolute atomic E-state index is 0.0532. The van der Waals surface area contributed by atoms with Crippen molar-refractivity contribution in [1.82, 2.24) is 0 Å². The van der Waals surface area contributed by atoms with Crippen LogP contribution in [0.25, 0.3) is 0 Å². The second-order valence-electron chi connectivity index (χ2n) is 3.46. The van der Waals surface area contributed by atoms with Gasteiger partial charge in [0.15, 0.2) is 5.79 Å². The lowest BCUT2D eigenvalue weighted by Crippen LogP contribution is -2.40. The van der Waals surface area contributed by atoms with Crippen molar-refractivity contribution in [1.29, 1.82) is 0 Å². The van der Waals surface area contributed by atoms with Crippen molar-refractivity contribution in [3.63, 3.8) is 0 Å². The summed E-state index contributed by atoms with van der Waals surface area (Å²) in [5, 5.41) is 9.52. The van der Waals surface area contributed by atoms with E-state index < -0.39 is 5.79 Å². The summed E-state index contributed by atoms with van der Waals surface area (Å²) in [5.41, 5.74) is 0. The molecule has 0 aromatic heterocycles. The van der Waals surface area contributed by atoms with E-state index in [1.807, 2.05) is 6.08 Å². The van der Waals surface area contributed by atoms with Crippen LogP contribution in [0.15, 0.2) is 11.8 Å². The molecule has 0 amide bonds. The van der Waals surface area contributed by atoms with Gasteiger partial charge in [0, 0.05) is 20.1 Å². The van der Waals surface area contributed by atoms with Gasteiger partial charge in [0.05, 0.1) is 11.7 Å². The predicted molar refractivity (Wildman–Crippen MR) is 43.7 cm³/mol. The molecule has 2 aliphatic rings. The third-order valence-electron chi connectivity index (χ3n) is 3.14. The molecule has 3 heteroatoms. The number of aliphatic hydroxyl groups is 1. The van der Waals surface area contributed by atoms with Crippen LogP contribution in [0.2, 0.25) is 0 Å². The van der Waals surface area contributed by atoms with Crippen LogP contribution in [0, 0.1) is 11.8 Å². The normalized spacial score (nSPS) is 37.0. The average Bonchev–Trinajstić information content (AvgIpc) is 2.56. The van der Waals surface area contributed by atoms with E-state index in [1.54, 1.807) is 14.2 Å². The molecular formula is C9H14O3. The minimum atomic E-state index is -0.565. The first kappa shape index (κ1) is 8.08. The van der Waals surface area contributed by atoms with Crippen LogP contribution in [0.5, 0.6) is 0 Å². The first-order valence-corrected chi connectivity index (χ1v) is 4.25. The van der Waals surface area contributed by atoms with E-state index in [2.05, 4.69) is 0 Å². The Labute approximate surface area is 72.0 Å². The van der Waals surface area contributed by atoms with Gasteiger partial charge in [-0.1, -0.05) is 0 Å². The minimum Gasteiger partial charge on any atom is -0.512 e. The summed E-state index contributed by atoms with van der Waals surface area (Å²) in [7, 11) is 3.28. The maximum absolute atomic E-state index is 9.52. The molecule has 68 valence electrons. The molecule has 2 atom stereocenters. The molecule has 3 nitrogen and oxygen atoms in total. The monoisotopic (exact) mass is 170 g/mol. The number of fused-ring (bicyclic) bond motifs is 2. The Hall–Kier alpha value is -0.540. The molecule has 1 saturated carbocycles. The van der Waals surface area contributed by atoms with Crippen molar-refractivity contribution >= 4 is 0 Å². The molecule has 0 spiro atoms. The molecule has 0 unspecified atom stereocenters. The topological polar surface area (TPSA) is 38.7 Å². The van der Waals surface area contributed by atoms with Gasteiger partial charge >= 0.3 is 0 Å². The average molecular weight is 170 g/mol. The van der Waals surface area contributed by atoms with Gasteiger partial charge in [0.2, 0.25) is 0 Å². The molecule has 2 bridgehead atoms. The van der Waals surface area contributed by atoms with E-state index in [-0.39, 0.29) is 11.8 Å². The zero-order chi connectivity index (χ0) is 8.77. The summed E-state index contributed by atoms with van der Waals surface area (Å²) < 4.78 is 10.7. The highest BCUT2D eigenvalue weighted by Gasteiger charge is 2.56. The smallest absolute Gasteiger partial charge is 0.183 e. The van der Waals surface area contributed by atoms with Gasteiger partial charge in [-0.2, -0.15) is 0 Å². The van der Waals surface area contributed by atoms with Crippen LogP contribution in [0.1, 0.15) is 12.8 Å². The highest BCUT2D eigenvalue weighted by molar-refractivity contribution is 5.21. The summed E-state index contributed by atoms with van der Waals surface area (Å²) in [4.78, 5) is 0. The zero-order valence-electron chi connectivity index (χ0n) is 7.41. The molecule has 0 aromatic rings. The third-order valence-corrected chi connectivity index (χ3v) is 3.14. The number of hydrogen-bond acceptors (Lipinski definition) is 3. The summed E-state index contributed by atoms with van der Waals surface area (Å²) in [6.45, 7) is 0. The highest BCUT2D eigenvalue weighted by atomic mass is 16.7. The molecule has 0 aromatic carbocycles. The molecule has 0 radical (unpaired) electrons. The Bertz CT molecular complexity index is 218. The van der Waals surface area contributed by atoms with Crippen molar-refractivity contribution in [2.75, 3.05) is 14.2 Å². The number of rotatable bonds is 2. The van der Waals surface area contributed by atoms with Crippen molar-refractivity contribution in [2.24, 2.45) is 11.8 Å². The zero-order valence-corrected chi connectivity index (χ0v) is 7.41. The van der Waals surface area contributed by atoms with E-state index in [9.17, 15) is 5.11 Å². The SMILES string of the molecule is COC1(OC)[C@@H]2C=C(O)[C@H]1CC2. The largest absolute Gasteiger partial charge is 0.512 e. The second kappa shape index (κ2) is 2.47. The lowest BCUT2D eigenvalue weighted by Gasteiger charge is -2.31. The molecular weight excluding hydrogens is 156 g/mol. The standard InChI is InChI=1S/C9H14O3/c1-11-9(12-2)6-3-4-7(9)8(10)5-6/h5-7,10H,3-4H2,1-2H3/t6-,7+/m0/s1. The Morgan fingerprint density at radius 3 is 2.33 bits per heavy atom. The maximum Gasteiger partial charge on any atom is 0.183 e. The van der Waals surface area contributed by atoms with Crippen LogP contribution >= 0.6 is 0 Å². The fourth-order valence-corrected chi connectivity index (χ4v) is 2.55. The quantitative estimate of drug-likeness (QED) is 0.637. The predicted octanol–water partition coefficient (Wildman–Crippen LogP) is 1.46. The molecule has 0 aliphatic heterocycles. The molecule has 0 heterocycles. The molecule has 1 fully saturated rings. The molecule has 2 rings (SSSR count). The lowest BCUT2D eigenvalue weighted by atomic mass is 10.0. The fraction of sp³-hybridized carbons (Fsp3) is 0.778. The van der Waals surface area contributed by atoms with E-state index >= 15 is 0 Å². The van der Waals surface area contributed by atoms with Gasteiger partial charge in [-0.3, -0.25) is 0 Å². The molecule has 1 N–H and O–H groups in total. The summed E-state index contributed by atoms with van der Waals surface area (Å²) in [5.74, 6) is 0.161.